The van der Waals surface area contributed by atoms with Crippen molar-refractivity contribution in [2.75, 3.05) is 24.6 Å². The summed E-state index contributed by atoms with van der Waals surface area (Å²) in [5, 5.41) is 26.7. The topological polar surface area (TPSA) is 137 Å². The Hall–Kier alpha value is -3.28. The number of rotatable bonds is 8. The van der Waals surface area contributed by atoms with E-state index in [0.29, 0.717) is 42.1 Å². The fourth-order valence-corrected chi connectivity index (χ4v) is 6.09. The van der Waals surface area contributed by atoms with Gasteiger partial charge < -0.3 is 35.2 Å². The number of fused-ring (bicyclic) bond motifs is 4. The molecule has 13 heteroatoms. The van der Waals surface area contributed by atoms with Crippen LogP contribution in [0.3, 0.4) is 0 Å². The van der Waals surface area contributed by atoms with Crippen LogP contribution in [0.4, 0.5) is 10.1 Å². The van der Waals surface area contributed by atoms with Crippen LogP contribution >= 0.6 is 23.2 Å². The Labute approximate surface area is 239 Å². The van der Waals surface area contributed by atoms with Gasteiger partial charge >= 0.3 is 5.97 Å². The van der Waals surface area contributed by atoms with Gasteiger partial charge in [-0.2, -0.15) is 0 Å². The van der Waals surface area contributed by atoms with E-state index >= 15 is 0 Å². The van der Waals surface area contributed by atoms with Crippen LogP contribution in [0.25, 0.3) is 0 Å². The van der Waals surface area contributed by atoms with Crippen LogP contribution in [0.5, 0.6) is 11.5 Å². The first-order chi connectivity index (χ1) is 19.0. The summed E-state index contributed by atoms with van der Waals surface area (Å²) in [5.74, 6) is -2.08. The maximum absolute atomic E-state index is 13.6. The molecular weight excluding hydrogens is 568 g/mol. The van der Waals surface area contributed by atoms with E-state index in [0.717, 1.165) is 6.07 Å². The molecule has 2 aromatic rings. The first kappa shape index (κ1) is 28.3. The smallest absolute Gasteiger partial charge is 0.323 e. The zero-order valence-electron chi connectivity index (χ0n) is 21.3. The van der Waals surface area contributed by atoms with Gasteiger partial charge in [-0.05, 0) is 62.4 Å². The Morgan fingerprint density at radius 2 is 1.85 bits per heavy atom. The summed E-state index contributed by atoms with van der Waals surface area (Å²) in [5.41, 5.74) is -1.06. The van der Waals surface area contributed by atoms with Gasteiger partial charge in [-0.3, -0.25) is 14.4 Å². The molecule has 0 saturated heterocycles. The second-order valence-corrected chi connectivity index (χ2v) is 11.4. The molecular formula is C27H28Cl2FN3O7. The molecule has 1 unspecified atom stereocenters. The van der Waals surface area contributed by atoms with Crippen molar-refractivity contribution in [3.63, 3.8) is 0 Å². The molecule has 0 radical (unpaired) electrons. The maximum atomic E-state index is 13.6. The highest BCUT2D eigenvalue weighted by Crippen LogP contribution is 2.47. The SMILES string of the molecule is O=C(O)CN1CC(C(=O)NC23CCC(NC(=O)COc4ccc(Cl)c(F)c4)(CC2)[C@@H](O)C3)Oc2ccc(Cl)cc21. The molecule has 0 spiro atoms. The molecule has 4 N–H and O–H groups in total. The monoisotopic (exact) mass is 595 g/mol. The van der Waals surface area contributed by atoms with Gasteiger partial charge in [0.25, 0.3) is 11.8 Å². The summed E-state index contributed by atoms with van der Waals surface area (Å²) in [6, 6.07) is 8.67. The van der Waals surface area contributed by atoms with E-state index in [4.69, 9.17) is 32.7 Å². The van der Waals surface area contributed by atoms with Crippen molar-refractivity contribution in [2.24, 2.45) is 0 Å². The molecule has 10 nitrogen and oxygen atoms in total. The summed E-state index contributed by atoms with van der Waals surface area (Å²) < 4.78 is 24.9. The van der Waals surface area contributed by atoms with Crippen LogP contribution in [0.15, 0.2) is 36.4 Å². The van der Waals surface area contributed by atoms with Gasteiger partial charge in [0.2, 0.25) is 0 Å². The molecule has 4 aliphatic rings. The minimum atomic E-state index is -1.06. The quantitative estimate of drug-likeness (QED) is 0.365. The molecule has 2 bridgehead atoms. The third kappa shape index (κ3) is 5.77. The number of hydrogen-bond acceptors (Lipinski definition) is 7. The van der Waals surface area contributed by atoms with Crippen LogP contribution in [0.1, 0.15) is 32.1 Å². The highest BCUT2D eigenvalue weighted by Gasteiger charge is 2.55. The molecule has 1 aliphatic heterocycles. The predicted molar refractivity (Wildman–Crippen MR) is 143 cm³/mol. The molecule has 2 atom stereocenters. The fraction of sp³-hybridized carbons (Fsp3) is 0.444. The normalized spacial score (nSPS) is 26.9. The van der Waals surface area contributed by atoms with Gasteiger partial charge in [-0.1, -0.05) is 23.2 Å². The number of carbonyl (C=O) groups excluding carboxylic acids is 2. The highest BCUT2D eigenvalue weighted by atomic mass is 35.5. The average molecular weight is 596 g/mol. The number of aliphatic hydroxyl groups is 1. The number of halogens is 3. The number of hydrogen-bond donors (Lipinski definition) is 4. The molecule has 2 aromatic carbocycles. The van der Waals surface area contributed by atoms with Gasteiger partial charge in [0.1, 0.15) is 23.9 Å². The molecule has 3 fully saturated rings. The number of anilines is 1. The number of carboxylic acid groups (broad SMARTS) is 1. The molecule has 0 aromatic heterocycles. The third-order valence-corrected chi connectivity index (χ3v) is 8.44. The second kappa shape index (κ2) is 10.9. The standard InChI is InChI=1S/C27H28Cl2FN3O7/c28-15-1-4-20-19(9-15)33(13-24(36)37)12-21(40-20)25(38)32-26-5-7-27(8-6-26,22(34)11-26)31-23(35)14-39-16-2-3-17(29)18(30)10-16/h1-4,9-10,21-22,34H,5-8,11-14H2,(H,31,35)(H,32,38)(H,36,37)/t21?,22-,26?,27?/m0/s1. The van der Waals surface area contributed by atoms with E-state index in [9.17, 15) is 29.0 Å². The first-order valence-corrected chi connectivity index (χ1v) is 13.6. The van der Waals surface area contributed by atoms with Crippen molar-refractivity contribution in [1.82, 2.24) is 10.6 Å². The lowest BCUT2D eigenvalue weighted by atomic mass is 9.60. The number of amides is 2. The summed E-state index contributed by atoms with van der Waals surface area (Å²) in [6.07, 6.45) is 0.198. The third-order valence-electron chi connectivity index (χ3n) is 7.89. The summed E-state index contributed by atoms with van der Waals surface area (Å²) in [6.45, 7) is -0.680. The van der Waals surface area contributed by atoms with Crippen LogP contribution in [0.2, 0.25) is 10.0 Å². The zero-order valence-corrected chi connectivity index (χ0v) is 22.8. The Kier molecular flexibility index (Phi) is 7.73. The molecule has 40 heavy (non-hydrogen) atoms. The lowest BCUT2D eigenvalue weighted by Crippen LogP contribution is -2.71. The van der Waals surface area contributed by atoms with E-state index in [2.05, 4.69) is 10.6 Å². The van der Waals surface area contributed by atoms with Crippen molar-refractivity contribution in [3.8, 4) is 11.5 Å². The molecule has 2 amide bonds. The number of aliphatic hydroxyl groups excluding tert-OH is 1. The Morgan fingerprint density at radius 1 is 1.10 bits per heavy atom. The van der Waals surface area contributed by atoms with Crippen molar-refractivity contribution in [3.05, 3.63) is 52.3 Å². The highest BCUT2D eigenvalue weighted by molar-refractivity contribution is 6.31. The lowest BCUT2D eigenvalue weighted by molar-refractivity contribution is -0.139. The van der Waals surface area contributed by atoms with Gasteiger partial charge in [0.05, 0.1) is 28.9 Å². The largest absolute Gasteiger partial charge is 0.484 e. The maximum Gasteiger partial charge on any atom is 0.323 e. The van der Waals surface area contributed by atoms with Crippen LogP contribution in [0, 0.1) is 5.82 Å². The number of nitrogens with one attached hydrogen (secondary N) is 2. The predicted octanol–water partition coefficient (Wildman–Crippen LogP) is 2.91. The van der Waals surface area contributed by atoms with Crippen LogP contribution < -0.4 is 25.0 Å². The molecule has 1 heterocycles. The number of carboxylic acids is 1. The van der Waals surface area contributed by atoms with Crippen LogP contribution in [-0.2, 0) is 14.4 Å². The summed E-state index contributed by atoms with van der Waals surface area (Å²) in [4.78, 5) is 39.0. The Bertz CT molecular complexity index is 1340. The van der Waals surface area contributed by atoms with Crippen molar-refractivity contribution >= 4 is 46.7 Å². The van der Waals surface area contributed by atoms with Gasteiger partial charge in [0.15, 0.2) is 12.7 Å². The molecule has 214 valence electrons. The van der Waals surface area contributed by atoms with Crippen LogP contribution in [-0.4, -0.2) is 71.0 Å². The Morgan fingerprint density at radius 3 is 2.52 bits per heavy atom. The van der Waals surface area contributed by atoms with E-state index in [-0.39, 0.29) is 36.9 Å². The Balaban J connectivity index is 1.19. The molecule has 3 aliphatic carbocycles. The number of benzene rings is 2. The molecule has 6 rings (SSSR count). The lowest BCUT2D eigenvalue weighted by Gasteiger charge is -2.56. The van der Waals surface area contributed by atoms with Gasteiger partial charge in [-0.15, -0.1) is 0 Å². The van der Waals surface area contributed by atoms with Gasteiger partial charge in [-0.25, -0.2) is 4.39 Å². The van der Waals surface area contributed by atoms with Gasteiger partial charge in [0, 0.05) is 16.6 Å². The number of ether oxygens (including phenoxy) is 2. The fourth-order valence-electron chi connectivity index (χ4n) is 5.81. The summed E-state index contributed by atoms with van der Waals surface area (Å²) in [7, 11) is 0. The van der Waals surface area contributed by atoms with E-state index in [1.165, 1.54) is 17.0 Å². The number of aliphatic carboxylic acids is 1. The van der Waals surface area contributed by atoms with Crippen molar-refractivity contribution in [2.45, 2.75) is 55.4 Å². The minimum absolute atomic E-state index is 0.0155. The van der Waals surface area contributed by atoms with Crippen molar-refractivity contribution < 1.29 is 38.5 Å². The van der Waals surface area contributed by atoms with E-state index < -0.39 is 46.9 Å². The first-order valence-electron chi connectivity index (χ1n) is 12.8. The zero-order chi connectivity index (χ0) is 28.7. The number of carbonyl (C=O) groups is 3. The second-order valence-electron chi connectivity index (χ2n) is 10.6. The van der Waals surface area contributed by atoms with E-state index in [1.54, 1.807) is 18.2 Å². The van der Waals surface area contributed by atoms with E-state index in [1.807, 2.05) is 0 Å². The average Bonchev–Trinajstić information content (AvgIpc) is 2.90. The summed E-state index contributed by atoms with van der Waals surface area (Å²) >= 11 is 11.7. The van der Waals surface area contributed by atoms with Crippen molar-refractivity contribution in [1.29, 1.82) is 0 Å². The molecule has 3 saturated carbocycles. The minimum Gasteiger partial charge on any atom is -0.484 e. The number of nitrogens with zero attached hydrogens (tertiary/aromatic N) is 1.